The summed E-state index contributed by atoms with van der Waals surface area (Å²) >= 11 is 6.59. The van der Waals surface area contributed by atoms with Gasteiger partial charge in [0.1, 0.15) is 16.7 Å². The molecule has 8 heteroatoms. The van der Waals surface area contributed by atoms with E-state index in [1.54, 1.807) is 12.0 Å². The number of likely N-dealkylation sites (N-methyl/N-ethyl adjacent to an activating group) is 1. The fraction of sp³-hybridized carbons (Fsp3) is 0.421. The molecule has 1 aromatic rings. The molecule has 1 amide bonds. The Morgan fingerprint density at radius 1 is 1.30 bits per heavy atom. The van der Waals surface area contributed by atoms with Crippen LogP contribution in [0.2, 0.25) is 0 Å². The summed E-state index contributed by atoms with van der Waals surface area (Å²) in [4.78, 5) is 28.4. The first kappa shape index (κ1) is 21.4. The largest absolute Gasteiger partial charge is 0.497 e. The highest BCUT2D eigenvalue weighted by molar-refractivity contribution is 8.26. The second-order valence-electron chi connectivity index (χ2n) is 6.23. The first-order valence-corrected chi connectivity index (χ1v) is 9.83. The molecule has 0 saturated carbocycles. The summed E-state index contributed by atoms with van der Waals surface area (Å²) in [7, 11) is 5.45. The van der Waals surface area contributed by atoms with E-state index in [0.717, 1.165) is 11.3 Å². The van der Waals surface area contributed by atoms with Crippen LogP contribution in [0, 0.1) is 0 Å². The fourth-order valence-corrected chi connectivity index (χ4v) is 3.65. The van der Waals surface area contributed by atoms with E-state index in [1.807, 2.05) is 49.3 Å². The maximum absolute atomic E-state index is 12.6. The van der Waals surface area contributed by atoms with Crippen molar-refractivity contribution in [3.8, 4) is 5.75 Å². The number of methoxy groups -OCH3 is 1. The maximum Gasteiger partial charge on any atom is 0.305 e. The lowest BCUT2D eigenvalue weighted by Gasteiger charge is -2.14. The van der Waals surface area contributed by atoms with Gasteiger partial charge in [0.25, 0.3) is 5.91 Å². The third kappa shape index (κ3) is 6.64. The van der Waals surface area contributed by atoms with E-state index in [2.05, 4.69) is 0 Å². The van der Waals surface area contributed by atoms with Gasteiger partial charge >= 0.3 is 5.97 Å². The predicted octanol–water partition coefficient (Wildman–Crippen LogP) is 2.78. The number of benzene rings is 1. The molecule has 1 fully saturated rings. The lowest BCUT2D eigenvalue weighted by molar-refractivity contribution is -0.144. The molecular formula is C19H24N2O4S2. The number of carbonyl (C=O) groups excluding carboxylic acids is 2. The lowest BCUT2D eigenvalue weighted by atomic mass is 10.2. The van der Waals surface area contributed by atoms with Gasteiger partial charge in [0.15, 0.2) is 0 Å². The monoisotopic (exact) mass is 408 g/mol. The van der Waals surface area contributed by atoms with Crippen LogP contribution in [0.25, 0.3) is 6.08 Å². The fourth-order valence-electron chi connectivity index (χ4n) is 2.34. The van der Waals surface area contributed by atoms with Crippen molar-refractivity contribution in [2.75, 3.05) is 40.9 Å². The summed E-state index contributed by atoms with van der Waals surface area (Å²) in [5.41, 5.74) is 0.903. The van der Waals surface area contributed by atoms with Gasteiger partial charge in [-0.25, -0.2) is 0 Å². The van der Waals surface area contributed by atoms with Gasteiger partial charge in [0.05, 0.1) is 12.0 Å². The number of hydrogen-bond acceptors (Lipinski definition) is 7. The van der Waals surface area contributed by atoms with Gasteiger partial charge in [-0.2, -0.15) is 0 Å². The first-order valence-electron chi connectivity index (χ1n) is 8.60. The van der Waals surface area contributed by atoms with Gasteiger partial charge in [0, 0.05) is 19.5 Å². The SMILES string of the molecule is COc1ccc(C=C2SC(=S)N(CCCC(=O)OCCN(C)C)C2=O)cc1. The molecule has 1 saturated heterocycles. The van der Waals surface area contributed by atoms with Crippen LogP contribution in [0.3, 0.4) is 0 Å². The molecule has 0 atom stereocenters. The minimum absolute atomic E-state index is 0.123. The van der Waals surface area contributed by atoms with Crippen molar-refractivity contribution in [3.63, 3.8) is 0 Å². The molecule has 146 valence electrons. The summed E-state index contributed by atoms with van der Waals surface area (Å²) in [6.07, 6.45) is 2.60. The third-order valence-electron chi connectivity index (χ3n) is 3.85. The number of esters is 1. The molecule has 1 aliphatic heterocycles. The summed E-state index contributed by atoms with van der Waals surface area (Å²) in [5, 5.41) is 0. The van der Waals surface area contributed by atoms with Gasteiger partial charge in [-0.15, -0.1) is 0 Å². The first-order chi connectivity index (χ1) is 12.9. The summed E-state index contributed by atoms with van der Waals surface area (Å²) in [5.74, 6) is 0.384. The van der Waals surface area contributed by atoms with E-state index in [4.69, 9.17) is 21.7 Å². The molecular weight excluding hydrogens is 384 g/mol. The standard InChI is InChI=1S/C19H24N2O4S2/c1-20(2)11-12-25-17(22)5-4-10-21-18(23)16(27-19(21)26)13-14-6-8-15(24-3)9-7-14/h6-9,13H,4-5,10-12H2,1-3H3. The Kier molecular flexibility index (Phi) is 8.27. The van der Waals surface area contributed by atoms with Gasteiger partial charge < -0.3 is 14.4 Å². The van der Waals surface area contributed by atoms with E-state index >= 15 is 0 Å². The maximum atomic E-state index is 12.6. The minimum atomic E-state index is -0.254. The topological polar surface area (TPSA) is 59.1 Å². The van der Waals surface area contributed by atoms with Crippen LogP contribution in [0.15, 0.2) is 29.2 Å². The Hall–Kier alpha value is -1.90. The smallest absolute Gasteiger partial charge is 0.305 e. The van der Waals surface area contributed by atoms with Gasteiger partial charge in [0.2, 0.25) is 0 Å². The number of ether oxygens (including phenoxy) is 2. The van der Waals surface area contributed by atoms with Crippen LogP contribution < -0.4 is 4.74 Å². The van der Waals surface area contributed by atoms with Crippen LogP contribution in [-0.2, 0) is 14.3 Å². The molecule has 27 heavy (non-hydrogen) atoms. The van der Waals surface area contributed by atoms with E-state index in [0.29, 0.717) is 35.3 Å². The highest BCUT2D eigenvalue weighted by atomic mass is 32.2. The number of hydrogen-bond donors (Lipinski definition) is 0. The molecule has 1 heterocycles. The molecule has 1 aromatic carbocycles. The molecule has 0 radical (unpaired) electrons. The van der Waals surface area contributed by atoms with Crippen LogP contribution in [0.4, 0.5) is 0 Å². The molecule has 0 N–H and O–H groups in total. The molecule has 0 aliphatic carbocycles. The lowest BCUT2D eigenvalue weighted by Crippen LogP contribution is -2.29. The minimum Gasteiger partial charge on any atom is -0.497 e. The number of rotatable bonds is 9. The number of thioether (sulfide) groups is 1. The van der Waals surface area contributed by atoms with Crippen molar-refractivity contribution in [2.24, 2.45) is 0 Å². The number of thiocarbonyl (C=S) groups is 1. The number of nitrogens with zero attached hydrogens (tertiary/aromatic N) is 2. The molecule has 0 spiro atoms. The number of carbonyl (C=O) groups is 2. The van der Waals surface area contributed by atoms with Crippen molar-refractivity contribution in [3.05, 3.63) is 34.7 Å². The van der Waals surface area contributed by atoms with Gasteiger partial charge in [-0.05, 0) is 44.3 Å². The Morgan fingerprint density at radius 2 is 2.00 bits per heavy atom. The molecule has 2 rings (SSSR count). The Balaban J connectivity index is 1.84. The zero-order chi connectivity index (χ0) is 19.8. The average molecular weight is 409 g/mol. The normalized spacial score (nSPS) is 15.7. The van der Waals surface area contributed by atoms with Crippen molar-refractivity contribution >= 4 is 46.3 Å². The van der Waals surface area contributed by atoms with Crippen LogP contribution in [0.5, 0.6) is 5.75 Å². The average Bonchev–Trinajstić information content (AvgIpc) is 2.89. The molecule has 0 unspecified atom stereocenters. The second-order valence-corrected chi connectivity index (χ2v) is 7.91. The van der Waals surface area contributed by atoms with Crippen molar-refractivity contribution in [1.29, 1.82) is 0 Å². The van der Waals surface area contributed by atoms with E-state index in [9.17, 15) is 9.59 Å². The van der Waals surface area contributed by atoms with E-state index in [-0.39, 0.29) is 18.3 Å². The van der Waals surface area contributed by atoms with Gasteiger partial charge in [-0.1, -0.05) is 36.1 Å². The quantitative estimate of drug-likeness (QED) is 0.354. The third-order valence-corrected chi connectivity index (χ3v) is 5.23. The molecule has 0 bridgehead atoms. The van der Waals surface area contributed by atoms with Crippen LogP contribution >= 0.6 is 24.0 Å². The highest BCUT2D eigenvalue weighted by Crippen LogP contribution is 2.32. The van der Waals surface area contributed by atoms with E-state index in [1.165, 1.54) is 11.8 Å². The van der Waals surface area contributed by atoms with Crippen molar-refractivity contribution in [2.45, 2.75) is 12.8 Å². The Labute approximate surface area is 169 Å². The van der Waals surface area contributed by atoms with Crippen molar-refractivity contribution < 1.29 is 19.1 Å². The summed E-state index contributed by atoms with van der Waals surface area (Å²) < 4.78 is 10.8. The zero-order valence-electron chi connectivity index (χ0n) is 15.8. The highest BCUT2D eigenvalue weighted by Gasteiger charge is 2.31. The zero-order valence-corrected chi connectivity index (χ0v) is 17.4. The Bertz CT molecular complexity index is 717. The van der Waals surface area contributed by atoms with Crippen LogP contribution in [-0.4, -0.2) is 66.9 Å². The number of amides is 1. The molecule has 1 aliphatic rings. The Morgan fingerprint density at radius 3 is 2.63 bits per heavy atom. The molecule has 0 aromatic heterocycles. The van der Waals surface area contributed by atoms with Crippen molar-refractivity contribution in [1.82, 2.24) is 9.80 Å². The van der Waals surface area contributed by atoms with Gasteiger partial charge in [-0.3, -0.25) is 14.5 Å². The van der Waals surface area contributed by atoms with E-state index < -0.39 is 0 Å². The molecule has 6 nitrogen and oxygen atoms in total. The summed E-state index contributed by atoms with van der Waals surface area (Å²) in [6, 6.07) is 7.45. The predicted molar refractivity (Wildman–Crippen MR) is 112 cm³/mol. The second kappa shape index (κ2) is 10.4. The van der Waals surface area contributed by atoms with Crippen LogP contribution in [0.1, 0.15) is 18.4 Å². The summed E-state index contributed by atoms with van der Waals surface area (Å²) in [6.45, 7) is 1.47.